The van der Waals surface area contributed by atoms with Gasteiger partial charge in [-0.2, -0.15) is 0 Å². The number of rotatable bonds is 6. The maximum Gasteiger partial charge on any atom is 0.312 e. The summed E-state index contributed by atoms with van der Waals surface area (Å²) in [6.07, 6.45) is 1.86. The summed E-state index contributed by atoms with van der Waals surface area (Å²) < 4.78 is 39.5. The quantitative estimate of drug-likeness (QED) is 0.614. The lowest BCUT2D eigenvalue weighted by molar-refractivity contribution is -0.156. The molecule has 0 atom stereocenters. The molecule has 4 nitrogen and oxygen atoms in total. The molecule has 2 saturated heterocycles. The summed E-state index contributed by atoms with van der Waals surface area (Å²) in [5, 5.41) is 0. The van der Waals surface area contributed by atoms with Crippen LogP contribution in [0.2, 0.25) is 0 Å². The van der Waals surface area contributed by atoms with Gasteiger partial charge in [-0.1, -0.05) is 24.3 Å². The van der Waals surface area contributed by atoms with E-state index < -0.39 is 11.5 Å². The van der Waals surface area contributed by atoms with Crippen molar-refractivity contribution in [1.29, 1.82) is 0 Å². The van der Waals surface area contributed by atoms with Crippen LogP contribution in [0.25, 0.3) is 0 Å². The maximum absolute atomic E-state index is 13.8. The Morgan fingerprint density at radius 1 is 1.03 bits per heavy atom. The van der Waals surface area contributed by atoms with Gasteiger partial charge in [-0.25, -0.2) is 8.78 Å². The molecule has 0 amide bonds. The van der Waals surface area contributed by atoms with Gasteiger partial charge in [0.25, 0.3) is 0 Å². The Morgan fingerprint density at radius 3 is 2.10 bits per heavy atom. The minimum absolute atomic E-state index is 0.0997. The Morgan fingerprint density at radius 2 is 1.61 bits per heavy atom. The predicted octanol–water partition coefficient (Wildman–Crippen LogP) is 4.88. The number of carbonyl (C=O) groups excluding carboxylic acids is 1. The van der Waals surface area contributed by atoms with Gasteiger partial charge in [0.1, 0.15) is 23.3 Å². The Bertz CT molecular complexity index is 892. The van der Waals surface area contributed by atoms with E-state index in [9.17, 15) is 13.6 Å². The van der Waals surface area contributed by atoms with Crippen LogP contribution in [-0.2, 0) is 14.3 Å². The fourth-order valence-corrected chi connectivity index (χ4v) is 4.74. The lowest BCUT2D eigenvalue weighted by Crippen LogP contribution is -2.45. The van der Waals surface area contributed by atoms with E-state index in [0.717, 1.165) is 32.4 Å². The zero-order valence-electron chi connectivity index (χ0n) is 18.1. The summed E-state index contributed by atoms with van der Waals surface area (Å²) in [5.41, 5.74) is 0.574. The third kappa shape index (κ3) is 4.96. The molecule has 0 N–H and O–H groups in total. The maximum atomic E-state index is 13.8. The summed E-state index contributed by atoms with van der Waals surface area (Å²) in [6, 6.07) is 12.5. The second-order valence-electron chi connectivity index (χ2n) is 9.34. The summed E-state index contributed by atoms with van der Waals surface area (Å²) in [7, 11) is 0. The van der Waals surface area contributed by atoms with E-state index in [1.165, 1.54) is 24.3 Å². The van der Waals surface area contributed by atoms with Crippen LogP contribution >= 0.6 is 0 Å². The highest BCUT2D eigenvalue weighted by molar-refractivity contribution is 5.78. The third-order valence-corrected chi connectivity index (χ3v) is 6.39. The van der Waals surface area contributed by atoms with Crippen molar-refractivity contribution in [3.8, 4) is 0 Å². The van der Waals surface area contributed by atoms with Crippen LogP contribution in [0, 0.1) is 17.0 Å². The van der Waals surface area contributed by atoms with E-state index in [2.05, 4.69) is 4.90 Å². The van der Waals surface area contributed by atoms with Crippen molar-refractivity contribution in [2.75, 3.05) is 26.2 Å². The molecule has 2 aliphatic rings. The fourth-order valence-electron chi connectivity index (χ4n) is 4.74. The van der Waals surface area contributed by atoms with Crippen molar-refractivity contribution in [3.63, 3.8) is 0 Å². The molecule has 2 aromatic rings. The highest BCUT2D eigenvalue weighted by atomic mass is 19.1. The molecule has 0 aliphatic carbocycles. The van der Waals surface area contributed by atoms with Crippen LogP contribution in [0.1, 0.15) is 50.3 Å². The Kier molecular flexibility index (Phi) is 6.13. The Balaban J connectivity index is 1.36. The Labute approximate surface area is 182 Å². The number of carbonyl (C=O) groups is 1. The zero-order chi connectivity index (χ0) is 22.1. The molecule has 31 heavy (non-hydrogen) atoms. The standard InChI is InChI=1S/C25H29F2NO3/c1-24(2)17-25(31-23(24)29)9-11-28(12-10-25)13-14-30-22(18-5-3-7-20(26)15-18)19-6-4-8-21(27)16-19/h3-8,15-16,22H,9-14,17H2,1-2H3. The number of hydrogen-bond acceptors (Lipinski definition) is 4. The highest BCUT2D eigenvalue weighted by Crippen LogP contribution is 2.45. The average molecular weight is 430 g/mol. The summed E-state index contributed by atoms with van der Waals surface area (Å²) in [5.74, 6) is -0.798. The fraction of sp³-hybridized carbons (Fsp3) is 0.480. The van der Waals surface area contributed by atoms with Crippen LogP contribution in [0.4, 0.5) is 8.78 Å². The van der Waals surface area contributed by atoms with Gasteiger partial charge in [0.05, 0.1) is 12.0 Å². The predicted molar refractivity (Wildman–Crippen MR) is 113 cm³/mol. The lowest BCUT2D eigenvalue weighted by atomic mass is 9.79. The Hall–Kier alpha value is -2.31. The average Bonchev–Trinajstić information content (AvgIpc) is 2.94. The van der Waals surface area contributed by atoms with Crippen LogP contribution in [-0.4, -0.2) is 42.7 Å². The van der Waals surface area contributed by atoms with Crippen molar-refractivity contribution >= 4 is 5.97 Å². The van der Waals surface area contributed by atoms with Gasteiger partial charge in [-0.3, -0.25) is 4.79 Å². The van der Waals surface area contributed by atoms with E-state index in [-0.39, 0.29) is 23.2 Å². The lowest BCUT2D eigenvalue weighted by Gasteiger charge is -2.38. The van der Waals surface area contributed by atoms with E-state index in [0.29, 0.717) is 24.3 Å². The first-order chi connectivity index (χ1) is 14.8. The second-order valence-corrected chi connectivity index (χ2v) is 9.34. The van der Waals surface area contributed by atoms with Gasteiger partial charge in [-0.05, 0) is 49.2 Å². The molecule has 6 heteroatoms. The first-order valence-electron chi connectivity index (χ1n) is 10.8. The molecule has 166 valence electrons. The zero-order valence-corrected chi connectivity index (χ0v) is 18.1. The number of piperidine rings is 1. The van der Waals surface area contributed by atoms with E-state index in [1.54, 1.807) is 24.3 Å². The minimum Gasteiger partial charge on any atom is -0.459 e. The topological polar surface area (TPSA) is 38.8 Å². The number of halogens is 2. The third-order valence-electron chi connectivity index (χ3n) is 6.39. The monoisotopic (exact) mass is 429 g/mol. The van der Waals surface area contributed by atoms with Gasteiger partial charge in [0.2, 0.25) is 0 Å². The van der Waals surface area contributed by atoms with Gasteiger partial charge < -0.3 is 14.4 Å². The van der Waals surface area contributed by atoms with Crippen molar-refractivity contribution in [3.05, 3.63) is 71.3 Å². The minimum atomic E-state index is -0.542. The molecule has 0 saturated carbocycles. The smallest absolute Gasteiger partial charge is 0.312 e. The molecule has 2 aliphatic heterocycles. The van der Waals surface area contributed by atoms with E-state index in [4.69, 9.17) is 9.47 Å². The van der Waals surface area contributed by atoms with Gasteiger partial charge >= 0.3 is 5.97 Å². The van der Waals surface area contributed by atoms with E-state index >= 15 is 0 Å². The molecule has 2 fully saturated rings. The summed E-state index contributed by atoms with van der Waals surface area (Å²) in [4.78, 5) is 14.4. The molecule has 2 heterocycles. The van der Waals surface area contributed by atoms with Crippen molar-refractivity contribution < 1.29 is 23.0 Å². The highest BCUT2D eigenvalue weighted by Gasteiger charge is 2.52. The first kappa shape index (κ1) is 21.9. The molecule has 1 spiro atoms. The molecule has 0 radical (unpaired) electrons. The molecule has 0 aromatic heterocycles. The molecule has 0 bridgehead atoms. The van der Waals surface area contributed by atoms with Crippen LogP contribution < -0.4 is 0 Å². The molecule has 4 rings (SSSR count). The van der Waals surface area contributed by atoms with Crippen LogP contribution in [0.3, 0.4) is 0 Å². The van der Waals surface area contributed by atoms with Gasteiger partial charge in [0.15, 0.2) is 0 Å². The van der Waals surface area contributed by atoms with Gasteiger partial charge in [-0.15, -0.1) is 0 Å². The SMILES string of the molecule is CC1(C)CC2(CCN(CCOC(c3cccc(F)c3)c3cccc(F)c3)CC2)OC1=O. The molecule has 0 unspecified atom stereocenters. The van der Waals surface area contributed by atoms with Crippen molar-refractivity contribution in [1.82, 2.24) is 4.90 Å². The molecular formula is C25H29F2NO3. The number of esters is 1. The van der Waals surface area contributed by atoms with Crippen molar-refractivity contribution in [2.45, 2.75) is 44.8 Å². The largest absolute Gasteiger partial charge is 0.459 e. The number of hydrogen-bond donors (Lipinski definition) is 0. The van der Waals surface area contributed by atoms with Crippen LogP contribution in [0.5, 0.6) is 0 Å². The number of benzene rings is 2. The molecular weight excluding hydrogens is 400 g/mol. The van der Waals surface area contributed by atoms with Crippen LogP contribution in [0.15, 0.2) is 48.5 Å². The number of nitrogens with zero attached hydrogens (tertiary/aromatic N) is 1. The molecule has 2 aromatic carbocycles. The summed E-state index contributed by atoms with van der Waals surface area (Å²) in [6.45, 7) is 6.69. The van der Waals surface area contributed by atoms with E-state index in [1.807, 2.05) is 13.8 Å². The normalized spacial score (nSPS) is 20.4. The van der Waals surface area contributed by atoms with Crippen molar-refractivity contribution in [2.24, 2.45) is 5.41 Å². The summed E-state index contributed by atoms with van der Waals surface area (Å²) >= 11 is 0. The second kappa shape index (κ2) is 8.67. The van der Waals surface area contributed by atoms with Gasteiger partial charge in [0, 0.05) is 38.9 Å². The number of likely N-dealkylation sites (tertiary alicyclic amines) is 1. The first-order valence-corrected chi connectivity index (χ1v) is 10.8. The number of ether oxygens (including phenoxy) is 2.